The molecule has 2 aromatic rings. The number of hydrogen-bond donors (Lipinski definition) is 2. The molecule has 24 heavy (non-hydrogen) atoms. The summed E-state index contributed by atoms with van der Waals surface area (Å²) in [5.41, 5.74) is 7.44. The third kappa shape index (κ3) is 4.33. The van der Waals surface area contributed by atoms with E-state index in [1.807, 2.05) is 6.92 Å². The van der Waals surface area contributed by atoms with Crippen LogP contribution in [0.5, 0.6) is 5.75 Å². The topological polar surface area (TPSA) is 90.6 Å². The predicted molar refractivity (Wildman–Crippen MR) is 91.2 cm³/mol. The molecule has 6 heteroatoms. The molecular formula is C18H20N2O4. The first-order valence-electron chi connectivity index (χ1n) is 7.51. The van der Waals surface area contributed by atoms with Crippen LogP contribution in [0.25, 0.3) is 0 Å². The number of ether oxygens (including phenoxy) is 2. The molecule has 0 saturated heterocycles. The van der Waals surface area contributed by atoms with Crippen molar-refractivity contribution in [2.45, 2.75) is 13.5 Å². The summed E-state index contributed by atoms with van der Waals surface area (Å²) < 4.78 is 10.7. The lowest BCUT2D eigenvalue weighted by Gasteiger charge is -2.11. The van der Waals surface area contributed by atoms with Gasteiger partial charge in [-0.15, -0.1) is 0 Å². The Labute approximate surface area is 140 Å². The molecule has 126 valence electrons. The van der Waals surface area contributed by atoms with Gasteiger partial charge in [0.2, 0.25) is 5.91 Å². The zero-order chi connectivity index (χ0) is 17.5. The Morgan fingerprint density at radius 2 is 1.75 bits per heavy atom. The summed E-state index contributed by atoms with van der Waals surface area (Å²) >= 11 is 0. The van der Waals surface area contributed by atoms with Crippen molar-refractivity contribution in [1.82, 2.24) is 0 Å². The molecular weight excluding hydrogens is 308 g/mol. The Hall–Kier alpha value is -2.86. The number of carbonyl (C=O) groups excluding carboxylic acids is 2. The average molecular weight is 328 g/mol. The lowest BCUT2D eigenvalue weighted by atomic mass is 10.1. The van der Waals surface area contributed by atoms with Gasteiger partial charge in [-0.25, -0.2) is 0 Å². The largest absolute Gasteiger partial charge is 0.496 e. The number of primary amides is 1. The van der Waals surface area contributed by atoms with Gasteiger partial charge in [0.1, 0.15) is 5.75 Å². The molecule has 0 bridgehead atoms. The van der Waals surface area contributed by atoms with E-state index in [9.17, 15) is 9.59 Å². The maximum atomic E-state index is 12.4. The Morgan fingerprint density at radius 1 is 1.08 bits per heavy atom. The standard InChI is InChI=1S/C18H20N2O4/c1-3-24-11-14-10-13(6-9-16(14)23-2)18(22)20-15-7-4-12(5-8-15)17(19)21/h4-10H,3,11H2,1-2H3,(H2,19,21)(H,20,22). The van der Waals surface area contributed by atoms with Gasteiger partial charge in [-0.3, -0.25) is 9.59 Å². The Balaban J connectivity index is 2.15. The monoisotopic (exact) mass is 328 g/mol. The SMILES string of the molecule is CCOCc1cc(C(=O)Nc2ccc(C(N)=O)cc2)ccc1OC. The maximum Gasteiger partial charge on any atom is 0.255 e. The van der Waals surface area contributed by atoms with E-state index in [2.05, 4.69) is 5.32 Å². The maximum absolute atomic E-state index is 12.4. The summed E-state index contributed by atoms with van der Waals surface area (Å²) in [7, 11) is 1.57. The lowest BCUT2D eigenvalue weighted by molar-refractivity contribution is 0.0998. The number of rotatable bonds is 7. The number of methoxy groups -OCH3 is 1. The van der Waals surface area contributed by atoms with E-state index in [4.69, 9.17) is 15.2 Å². The van der Waals surface area contributed by atoms with Gasteiger partial charge in [0.05, 0.1) is 13.7 Å². The Bertz CT molecular complexity index is 726. The van der Waals surface area contributed by atoms with Gasteiger partial charge in [0, 0.05) is 29.0 Å². The molecule has 0 aromatic heterocycles. The predicted octanol–water partition coefficient (Wildman–Crippen LogP) is 2.58. The minimum Gasteiger partial charge on any atom is -0.496 e. The summed E-state index contributed by atoms with van der Waals surface area (Å²) in [6.45, 7) is 2.85. The molecule has 0 aliphatic rings. The molecule has 0 spiro atoms. The first-order valence-corrected chi connectivity index (χ1v) is 7.51. The second-order valence-electron chi connectivity index (χ2n) is 5.06. The summed E-state index contributed by atoms with van der Waals surface area (Å²) in [5.74, 6) is -0.100. The molecule has 3 N–H and O–H groups in total. The van der Waals surface area contributed by atoms with Crippen LogP contribution in [0.1, 0.15) is 33.2 Å². The normalized spacial score (nSPS) is 10.2. The van der Waals surface area contributed by atoms with Crippen molar-refractivity contribution in [1.29, 1.82) is 0 Å². The highest BCUT2D eigenvalue weighted by Crippen LogP contribution is 2.21. The number of benzene rings is 2. The molecule has 2 rings (SSSR count). The first kappa shape index (κ1) is 17.5. The molecule has 6 nitrogen and oxygen atoms in total. The number of amides is 2. The van der Waals surface area contributed by atoms with Crippen LogP contribution in [0.4, 0.5) is 5.69 Å². The molecule has 0 heterocycles. The van der Waals surface area contributed by atoms with Crippen molar-refractivity contribution in [3.05, 3.63) is 59.2 Å². The van der Waals surface area contributed by atoms with E-state index in [1.165, 1.54) is 0 Å². The number of hydrogen-bond acceptors (Lipinski definition) is 4. The Kier molecular flexibility index (Phi) is 5.92. The van der Waals surface area contributed by atoms with Crippen LogP contribution in [0.15, 0.2) is 42.5 Å². The van der Waals surface area contributed by atoms with Gasteiger partial charge < -0.3 is 20.5 Å². The van der Waals surface area contributed by atoms with Crippen LogP contribution >= 0.6 is 0 Å². The zero-order valence-corrected chi connectivity index (χ0v) is 13.7. The lowest BCUT2D eigenvalue weighted by Crippen LogP contribution is -2.14. The average Bonchev–Trinajstić information content (AvgIpc) is 2.60. The third-order valence-electron chi connectivity index (χ3n) is 3.43. The molecule has 0 aliphatic carbocycles. The summed E-state index contributed by atoms with van der Waals surface area (Å²) in [5, 5.41) is 2.77. The second-order valence-corrected chi connectivity index (χ2v) is 5.06. The van der Waals surface area contributed by atoms with Gasteiger partial charge in [0.15, 0.2) is 0 Å². The number of nitrogens with one attached hydrogen (secondary N) is 1. The van der Waals surface area contributed by atoms with E-state index in [-0.39, 0.29) is 5.91 Å². The van der Waals surface area contributed by atoms with Crippen LogP contribution in [-0.4, -0.2) is 25.5 Å². The van der Waals surface area contributed by atoms with Gasteiger partial charge in [-0.1, -0.05) is 0 Å². The van der Waals surface area contributed by atoms with E-state index in [0.29, 0.717) is 35.8 Å². The zero-order valence-electron chi connectivity index (χ0n) is 13.7. The molecule has 0 fully saturated rings. The van der Waals surface area contributed by atoms with Crippen molar-refractivity contribution in [3.63, 3.8) is 0 Å². The molecule has 2 aromatic carbocycles. The second kappa shape index (κ2) is 8.12. The number of carbonyl (C=O) groups is 2. The first-order chi connectivity index (χ1) is 11.5. The minimum absolute atomic E-state index is 0.262. The van der Waals surface area contributed by atoms with Gasteiger partial charge >= 0.3 is 0 Å². The molecule has 2 amide bonds. The third-order valence-corrected chi connectivity index (χ3v) is 3.43. The summed E-state index contributed by atoms with van der Waals surface area (Å²) in [6.07, 6.45) is 0. The van der Waals surface area contributed by atoms with Crippen molar-refractivity contribution in [3.8, 4) is 5.75 Å². The number of nitrogens with two attached hydrogens (primary N) is 1. The fourth-order valence-corrected chi connectivity index (χ4v) is 2.17. The smallest absolute Gasteiger partial charge is 0.255 e. The van der Waals surface area contributed by atoms with Crippen molar-refractivity contribution in [2.24, 2.45) is 5.73 Å². The van der Waals surface area contributed by atoms with Crippen LogP contribution in [0.3, 0.4) is 0 Å². The quantitative estimate of drug-likeness (QED) is 0.817. The fourth-order valence-electron chi connectivity index (χ4n) is 2.17. The van der Waals surface area contributed by atoms with Gasteiger partial charge in [-0.05, 0) is 49.4 Å². The van der Waals surface area contributed by atoms with Crippen molar-refractivity contribution < 1.29 is 19.1 Å². The molecule has 0 radical (unpaired) electrons. The van der Waals surface area contributed by atoms with Gasteiger partial charge in [-0.2, -0.15) is 0 Å². The highest BCUT2D eigenvalue weighted by atomic mass is 16.5. The van der Waals surface area contributed by atoms with Gasteiger partial charge in [0.25, 0.3) is 5.91 Å². The Morgan fingerprint density at radius 3 is 2.33 bits per heavy atom. The summed E-state index contributed by atoms with van der Waals surface area (Å²) in [4.78, 5) is 23.4. The number of anilines is 1. The highest BCUT2D eigenvalue weighted by molar-refractivity contribution is 6.04. The molecule has 0 aliphatic heterocycles. The van der Waals surface area contributed by atoms with Crippen LogP contribution in [0.2, 0.25) is 0 Å². The van der Waals surface area contributed by atoms with Crippen LogP contribution in [0, 0.1) is 0 Å². The minimum atomic E-state index is -0.511. The summed E-state index contributed by atoms with van der Waals surface area (Å²) in [6, 6.07) is 11.5. The van der Waals surface area contributed by atoms with E-state index >= 15 is 0 Å². The van der Waals surface area contributed by atoms with Crippen molar-refractivity contribution >= 4 is 17.5 Å². The van der Waals surface area contributed by atoms with E-state index in [0.717, 1.165) is 5.56 Å². The highest BCUT2D eigenvalue weighted by Gasteiger charge is 2.11. The van der Waals surface area contributed by atoms with E-state index in [1.54, 1.807) is 49.6 Å². The molecule has 0 saturated carbocycles. The van der Waals surface area contributed by atoms with Crippen LogP contribution in [-0.2, 0) is 11.3 Å². The fraction of sp³-hybridized carbons (Fsp3) is 0.222. The molecule has 0 atom stereocenters. The van der Waals surface area contributed by atoms with E-state index < -0.39 is 5.91 Å². The van der Waals surface area contributed by atoms with Crippen LogP contribution < -0.4 is 15.8 Å². The van der Waals surface area contributed by atoms with Crippen molar-refractivity contribution in [2.75, 3.05) is 19.0 Å². The molecule has 0 unspecified atom stereocenters.